The maximum absolute atomic E-state index is 12.0. The Morgan fingerprint density at radius 1 is 1.12 bits per heavy atom. The molecule has 26 heavy (non-hydrogen) atoms. The van der Waals surface area contributed by atoms with E-state index in [2.05, 4.69) is 9.97 Å². The van der Waals surface area contributed by atoms with E-state index < -0.39 is 4.92 Å². The molecule has 3 rings (SSSR count). The summed E-state index contributed by atoms with van der Waals surface area (Å²) in [6, 6.07) is 13.6. The molecule has 9 heteroatoms. The summed E-state index contributed by atoms with van der Waals surface area (Å²) in [4.78, 5) is 30.4. The Hall–Kier alpha value is -2.03. The molecular formula is C17H14ClN3O3S2. The zero-order valence-corrected chi connectivity index (χ0v) is 15.8. The van der Waals surface area contributed by atoms with Crippen LogP contribution in [0.2, 0.25) is 0 Å². The number of non-ortho nitro benzene ring substituents is 1. The number of H-pyrrole nitrogens is 1. The smallest absolute Gasteiger partial charge is 0.269 e. The van der Waals surface area contributed by atoms with Crippen molar-refractivity contribution >= 4 is 51.7 Å². The number of nitro groups is 1. The number of nitrogens with one attached hydrogen (secondary N) is 1. The van der Waals surface area contributed by atoms with Gasteiger partial charge in [-0.25, -0.2) is 4.98 Å². The summed E-state index contributed by atoms with van der Waals surface area (Å²) in [5.41, 5.74) is 0.563. The van der Waals surface area contributed by atoms with E-state index in [1.54, 1.807) is 30.3 Å². The molecule has 1 unspecified atom stereocenters. The van der Waals surface area contributed by atoms with Crippen molar-refractivity contribution in [1.29, 1.82) is 0 Å². The van der Waals surface area contributed by atoms with Gasteiger partial charge in [-0.3, -0.25) is 14.9 Å². The molecule has 0 bridgehead atoms. The third kappa shape index (κ3) is 4.78. The normalized spacial score (nSPS) is 12.2. The van der Waals surface area contributed by atoms with Crippen LogP contribution in [0.5, 0.6) is 0 Å². The van der Waals surface area contributed by atoms with Gasteiger partial charge in [0.05, 0.1) is 21.2 Å². The maximum atomic E-state index is 12.0. The van der Waals surface area contributed by atoms with Gasteiger partial charge in [0.2, 0.25) is 0 Å². The Bertz CT molecular complexity index is 979. The first-order chi connectivity index (χ1) is 12.5. The highest BCUT2D eigenvalue weighted by Gasteiger charge is 2.10. The molecule has 134 valence electrons. The first kappa shape index (κ1) is 18.8. The number of halogens is 1. The lowest BCUT2D eigenvalue weighted by Crippen LogP contribution is -2.11. The van der Waals surface area contributed by atoms with Gasteiger partial charge in [-0.2, -0.15) is 0 Å². The third-order valence-corrected chi connectivity index (χ3v) is 6.36. The second-order valence-corrected chi connectivity index (χ2v) is 8.08. The molecule has 3 aromatic rings. The van der Waals surface area contributed by atoms with E-state index >= 15 is 0 Å². The highest BCUT2D eigenvalue weighted by Crippen LogP contribution is 2.25. The minimum absolute atomic E-state index is 0.0682. The monoisotopic (exact) mass is 407 g/mol. The predicted octanol–water partition coefficient (Wildman–Crippen LogP) is 4.32. The summed E-state index contributed by atoms with van der Waals surface area (Å²) in [7, 11) is 0. The zero-order chi connectivity index (χ0) is 18.5. The van der Waals surface area contributed by atoms with Crippen molar-refractivity contribution < 1.29 is 4.92 Å². The second kappa shape index (κ2) is 8.57. The first-order valence-electron chi connectivity index (χ1n) is 7.66. The number of aromatic amines is 1. The number of aromatic nitrogens is 2. The molecule has 1 N–H and O–H groups in total. The van der Waals surface area contributed by atoms with Crippen LogP contribution in [-0.4, -0.2) is 31.8 Å². The van der Waals surface area contributed by atoms with Crippen LogP contribution in [0.3, 0.4) is 0 Å². The maximum Gasteiger partial charge on any atom is 0.269 e. The molecule has 0 amide bonds. The summed E-state index contributed by atoms with van der Waals surface area (Å²) < 4.78 is 0. The average molecular weight is 408 g/mol. The molecule has 0 aliphatic carbocycles. The first-order valence-corrected chi connectivity index (χ1v) is 10.1. The van der Waals surface area contributed by atoms with Crippen molar-refractivity contribution in [2.24, 2.45) is 0 Å². The molecule has 0 fully saturated rings. The highest BCUT2D eigenvalue weighted by molar-refractivity contribution is 8.00. The van der Waals surface area contributed by atoms with E-state index in [4.69, 9.17) is 11.6 Å². The van der Waals surface area contributed by atoms with Crippen molar-refractivity contribution in [2.75, 3.05) is 11.5 Å². The van der Waals surface area contributed by atoms with Gasteiger partial charge < -0.3 is 4.98 Å². The van der Waals surface area contributed by atoms with Gasteiger partial charge >= 0.3 is 0 Å². The fraction of sp³-hybridized carbons (Fsp3) is 0.176. The van der Waals surface area contributed by atoms with E-state index in [9.17, 15) is 14.9 Å². The lowest BCUT2D eigenvalue weighted by Gasteiger charge is -2.09. The molecule has 0 saturated heterocycles. The number of para-hydroxylation sites is 1. The van der Waals surface area contributed by atoms with Gasteiger partial charge in [-0.15, -0.1) is 23.4 Å². The number of alkyl halides is 1. The van der Waals surface area contributed by atoms with Gasteiger partial charge in [0.15, 0.2) is 5.16 Å². The van der Waals surface area contributed by atoms with Gasteiger partial charge in [-0.1, -0.05) is 23.9 Å². The standard InChI is InChI=1S/C17H14ClN3O3S2/c18-11(9-25-13-7-5-12(6-8-13)21(23)24)10-26-17-19-15-4-2-1-3-14(15)16(22)20-17/h1-8,11H,9-10H2,(H,19,20,22). The van der Waals surface area contributed by atoms with Crippen molar-refractivity contribution in [2.45, 2.75) is 15.4 Å². The SMILES string of the molecule is O=c1[nH]c(SCC(Cl)CSc2ccc([N+](=O)[O-])cc2)nc2ccccc12. The fourth-order valence-corrected chi connectivity index (χ4v) is 4.33. The molecule has 1 atom stereocenters. The van der Waals surface area contributed by atoms with Gasteiger partial charge in [0.1, 0.15) is 0 Å². The number of fused-ring (bicyclic) bond motifs is 1. The highest BCUT2D eigenvalue weighted by atomic mass is 35.5. The van der Waals surface area contributed by atoms with Crippen LogP contribution < -0.4 is 5.56 Å². The van der Waals surface area contributed by atoms with Crippen LogP contribution in [0.1, 0.15) is 0 Å². The summed E-state index contributed by atoms with van der Waals surface area (Å²) >= 11 is 9.28. The summed E-state index contributed by atoms with van der Waals surface area (Å²) in [6.07, 6.45) is 0. The van der Waals surface area contributed by atoms with E-state index in [-0.39, 0.29) is 16.6 Å². The van der Waals surface area contributed by atoms with Crippen LogP contribution >= 0.6 is 35.1 Å². The topological polar surface area (TPSA) is 88.9 Å². The van der Waals surface area contributed by atoms with Gasteiger partial charge in [0, 0.05) is 28.5 Å². The zero-order valence-electron chi connectivity index (χ0n) is 13.4. The summed E-state index contributed by atoms with van der Waals surface area (Å²) in [6.45, 7) is 0. The number of nitrogens with zero attached hydrogens (tertiary/aromatic N) is 2. The summed E-state index contributed by atoms with van der Waals surface area (Å²) in [5.74, 6) is 1.23. The Labute approximate surface area is 162 Å². The minimum atomic E-state index is -0.424. The molecule has 2 aromatic carbocycles. The number of nitro benzene ring substituents is 1. The molecule has 1 heterocycles. The number of benzene rings is 2. The van der Waals surface area contributed by atoms with Crippen molar-refractivity contribution in [3.05, 3.63) is 69.0 Å². The fourth-order valence-electron chi connectivity index (χ4n) is 2.20. The molecule has 0 aliphatic rings. The lowest BCUT2D eigenvalue weighted by atomic mass is 10.2. The molecule has 0 spiro atoms. The van der Waals surface area contributed by atoms with Crippen molar-refractivity contribution in [3.8, 4) is 0 Å². The van der Waals surface area contributed by atoms with E-state index in [0.29, 0.717) is 27.6 Å². The minimum Gasteiger partial charge on any atom is -0.301 e. The number of rotatable bonds is 7. The number of thioether (sulfide) groups is 2. The third-order valence-electron chi connectivity index (χ3n) is 3.47. The Balaban J connectivity index is 1.55. The average Bonchev–Trinajstić information content (AvgIpc) is 2.65. The summed E-state index contributed by atoms with van der Waals surface area (Å²) in [5, 5.41) is 11.6. The van der Waals surface area contributed by atoms with Crippen LogP contribution in [-0.2, 0) is 0 Å². The van der Waals surface area contributed by atoms with Crippen LogP contribution in [0.4, 0.5) is 5.69 Å². The Kier molecular flexibility index (Phi) is 6.18. The van der Waals surface area contributed by atoms with E-state index in [0.717, 1.165) is 4.90 Å². The molecule has 1 aromatic heterocycles. The van der Waals surface area contributed by atoms with E-state index in [1.165, 1.54) is 35.7 Å². The molecular weight excluding hydrogens is 394 g/mol. The molecule has 6 nitrogen and oxygen atoms in total. The number of hydrogen-bond acceptors (Lipinski definition) is 6. The van der Waals surface area contributed by atoms with Crippen molar-refractivity contribution in [3.63, 3.8) is 0 Å². The molecule has 0 aliphatic heterocycles. The second-order valence-electron chi connectivity index (χ2n) is 5.36. The van der Waals surface area contributed by atoms with Gasteiger partial charge in [0.25, 0.3) is 11.2 Å². The Morgan fingerprint density at radius 2 is 1.81 bits per heavy atom. The van der Waals surface area contributed by atoms with Crippen LogP contribution in [0.25, 0.3) is 10.9 Å². The molecule has 0 radical (unpaired) electrons. The quantitative estimate of drug-likeness (QED) is 0.206. The van der Waals surface area contributed by atoms with E-state index in [1.807, 2.05) is 6.07 Å². The number of hydrogen-bond donors (Lipinski definition) is 1. The van der Waals surface area contributed by atoms with Crippen molar-refractivity contribution in [1.82, 2.24) is 9.97 Å². The molecule has 0 saturated carbocycles. The largest absolute Gasteiger partial charge is 0.301 e. The predicted molar refractivity (Wildman–Crippen MR) is 107 cm³/mol. The Morgan fingerprint density at radius 3 is 2.54 bits per heavy atom. The van der Waals surface area contributed by atoms with Crippen LogP contribution in [0.15, 0.2) is 63.4 Å². The van der Waals surface area contributed by atoms with Crippen LogP contribution in [0, 0.1) is 10.1 Å². The van der Waals surface area contributed by atoms with Gasteiger partial charge in [-0.05, 0) is 24.3 Å². The lowest BCUT2D eigenvalue weighted by molar-refractivity contribution is -0.384.